The van der Waals surface area contributed by atoms with Crippen LogP contribution in [0.25, 0.3) is 0 Å². The maximum atomic E-state index is 12.7. The molecule has 0 amide bonds. The molecule has 0 unspecified atom stereocenters. The molecule has 0 radical (unpaired) electrons. The largest absolute Gasteiger partial charge is 0.462 e. The van der Waals surface area contributed by atoms with Gasteiger partial charge in [-0.25, -0.2) is 18.0 Å². The van der Waals surface area contributed by atoms with Crippen molar-refractivity contribution in [1.82, 2.24) is 0 Å². The zero-order chi connectivity index (χ0) is 20.9. The number of nitrogens with one attached hydrogen (secondary N) is 1. The van der Waals surface area contributed by atoms with Crippen LogP contribution >= 0.6 is 0 Å². The third-order valence-electron chi connectivity index (χ3n) is 4.00. The number of aryl methyl sites for hydroxylation is 2. The highest BCUT2D eigenvalue weighted by molar-refractivity contribution is 7.92. The number of ether oxygens (including phenoxy) is 2. The lowest BCUT2D eigenvalue weighted by Crippen LogP contribution is -2.15. The van der Waals surface area contributed by atoms with E-state index in [-0.39, 0.29) is 34.9 Å². The summed E-state index contributed by atoms with van der Waals surface area (Å²) in [5, 5.41) is 0. The SMILES string of the molecule is CCOC(=O)c1cc(NS(=O)(=O)c2ccc(C)c(C)c2)cc(C(=O)OCC)c1. The number of sulfonamides is 1. The molecule has 2 rings (SSSR count). The number of anilines is 1. The molecule has 2 aromatic carbocycles. The summed E-state index contributed by atoms with van der Waals surface area (Å²) in [5.74, 6) is -1.33. The summed E-state index contributed by atoms with van der Waals surface area (Å²) in [5.41, 5.74) is 1.95. The molecule has 28 heavy (non-hydrogen) atoms. The summed E-state index contributed by atoms with van der Waals surface area (Å²) in [4.78, 5) is 24.3. The molecule has 0 aliphatic carbocycles. The number of carbonyl (C=O) groups is 2. The molecule has 1 N–H and O–H groups in total. The molecule has 7 nitrogen and oxygen atoms in total. The summed E-state index contributed by atoms with van der Waals surface area (Å²) >= 11 is 0. The summed E-state index contributed by atoms with van der Waals surface area (Å²) in [6.45, 7) is 7.29. The van der Waals surface area contributed by atoms with Crippen molar-refractivity contribution in [2.45, 2.75) is 32.6 Å². The molecule has 0 aliphatic rings. The fourth-order valence-electron chi connectivity index (χ4n) is 2.45. The molecule has 0 aromatic heterocycles. The van der Waals surface area contributed by atoms with Gasteiger partial charge < -0.3 is 9.47 Å². The Kier molecular flexibility index (Phi) is 6.80. The fourth-order valence-corrected chi connectivity index (χ4v) is 3.57. The van der Waals surface area contributed by atoms with Gasteiger partial charge in [-0.05, 0) is 69.2 Å². The van der Waals surface area contributed by atoms with E-state index in [0.29, 0.717) is 0 Å². The van der Waals surface area contributed by atoms with Crippen LogP contribution in [0.1, 0.15) is 45.7 Å². The molecule has 0 heterocycles. The minimum atomic E-state index is -3.92. The predicted octanol–water partition coefficient (Wildman–Crippen LogP) is 3.46. The topological polar surface area (TPSA) is 98.8 Å². The minimum Gasteiger partial charge on any atom is -0.462 e. The second-order valence-electron chi connectivity index (χ2n) is 6.09. The van der Waals surface area contributed by atoms with E-state index >= 15 is 0 Å². The third-order valence-corrected chi connectivity index (χ3v) is 5.38. The molecule has 0 aliphatic heterocycles. The van der Waals surface area contributed by atoms with Crippen LogP contribution in [0, 0.1) is 13.8 Å². The van der Waals surface area contributed by atoms with Crippen LogP contribution in [0.4, 0.5) is 5.69 Å². The van der Waals surface area contributed by atoms with Crippen LogP contribution in [0.15, 0.2) is 41.3 Å². The normalized spacial score (nSPS) is 11.0. The molecule has 0 atom stereocenters. The lowest BCUT2D eigenvalue weighted by Gasteiger charge is -2.12. The zero-order valence-electron chi connectivity index (χ0n) is 16.2. The lowest BCUT2D eigenvalue weighted by atomic mass is 10.1. The molecular weight excluding hydrogens is 382 g/mol. The van der Waals surface area contributed by atoms with Crippen LogP contribution in [0.2, 0.25) is 0 Å². The highest BCUT2D eigenvalue weighted by Gasteiger charge is 2.19. The van der Waals surface area contributed by atoms with Crippen molar-refractivity contribution in [3.05, 3.63) is 58.7 Å². The smallest absolute Gasteiger partial charge is 0.338 e. The number of hydrogen-bond donors (Lipinski definition) is 1. The molecule has 150 valence electrons. The molecule has 0 spiro atoms. The van der Waals surface area contributed by atoms with Gasteiger partial charge in [-0.2, -0.15) is 0 Å². The van der Waals surface area contributed by atoms with Gasteiger partial charge in [0.05, 0.1) is 34.9 Å². The molecule has 0 saturated heterocycles. The predicted molar refractivity (Wildman–Crippen MR) is 105 cm³/mol. The van der Waals surface area contributed by atoms with Gasteiger partial charge in [-0.15, -0.1) is 0 Å². The fraction of sp³-hybridized carbons (Fsp3) is 0.300. The molecule has 2 aromatic rings. The number of carbonyl (C=O) groups excluding carboxylic acids is 2. The second-order valence-corrected chi connectivity index (χ2v) is 7.77. The Balaban J connectivity index is 2.46. The molecule has 0 fully saturated rings. The molecule has 0 bridgehead atoms. The van der Waals surface area contributed by atoms with Crippen molar-refractivity contribution in [2.75, 3.05) is 17.9 Å². The number of benzene rings is 2. The van der Waals surface area contributed by atoms with Gasteiger partial charge in [0.2, 0.25) is 0 Å². The van der Waals surface area contributed by atoms with E-state index in [4.69, 9.17) is 9.47 Å². The quantitative estimate of drug-likeness (QED) is 0.709. The Labute approximate surface area is 164 Å². The first-order valence-electron chi connectivity index (χ1n) is 8.77. The average molecular weight is 405 g/mol. The van der Waals surface area contributed by atoms with Crippen molar-refractivity contribution in [3.8, 4) is 0 Å². The van der Waals surface area contributed by atoms with Crippen LogP contribution in [0.5, 0.6) is 0 Å². The summed E-state index contributed by atoms with van der Waals surface area (Å²) in [7, 11) is -3.92. The number of hydrogen-bond acceptors (Lipinski definition) is 6. The van der Waals surface area contributed by atoms with Gasteiger partial charge in [-0.3, -0.25) is 4.72 Å². The molecular formula is C20H23NO6S. The van der Waals surface area contributed by atoms with Crippen molar-refractivity contribution < 1.29 is 27.5 Å². The second kappa shape index (κ2) is 8.88. The van der Waals surface area contributed by atoms with Gasteiger partial charge >= 0.3 is 11.9 Å². The Morgan fingerprint density at radius 1 is 0.857 bits per heavy atom. The Morgan fingerprint density at radius 3 is 1.86 bits per heavy atom. The zero-order valence-corrected chi connectivity index (χ0v) is 17.1. The van der Waals surface area contributed by atoms with E-state index in [0.717, 1.165) is 11.1 Å². The summed E-state index contributed by atoms with van der Waals surface area (Å²) in [6.07, 6.45) is 0. The number of rotatable bonds is 7. The van der Waals surface area contributed by atoms with E-state index in [2.05, 4.69) is 4.72 Å². The number of esters is 2. The monoisotopic (exact) mass is 405 g/mol. The van der Waals surface area contributed by atoms with Gasteiger partial charge in [-0.1, -0.05) is 6.07 Å². The standard InChI is InChI=1S/C20H23NO6S/c1-5-26-19(22)15-10-16(20(23)27-6-2)12-17(11-15)21-28(24,25)18-8-7-13(3)14(4)9-18/h7-12,21H,5-6H2,1-4H3. The minimum absolute atomic E-state index is 0.0465. The van der Waals surface area contributed by atoms with E-state index in [1.54, 1.807) is 26.0 Å². The van der Waals surface area contributed by atoms with E-state index in [1.807, 2.05) is 13.8 Å². The van der Waals surface area contributed by atoms with Crippen LogP contribution in [-0.4, -0.2) is 33.6 Å². The van der Waals surface area contributed by atoms with Crippen LogP contribution in [0.3, 0.4) is 0 Å². The van der Waals surface area contributed by atoms with Gasteiger partial charge in [0.15, 0.2) is 0 Å². The average Bonchev–Trinajstić information content (AvgIpc) is 2.63. The first-order valence-corrected chi connectivity index (χ1v) is 10.3. The van der Waals surface area contributed by atoms with Crippen molar-refractivity contribution in [3.63, 3.8) is 0 Å². The third kappa shape index (κ3) is 5.10. The Hall–Kier alpha value is -2.87. The van der Waals surface area contributed by atoms with E-state index < -0.39 is 22.0 Å². The highest BCUT2D eigenvalue weighted by atomic mass is 32.2. The first kappa shape index (κ1) is 21.4. The first-order chi connectivity index (χ1) is 13.2. The van der Waals surface area contributed by atoms with Gasteiger partial charge in [0.25, 0.3) is 10.0 Å². The molecule has 8 heteroatoms. The Bertz CT molecular complexity index is 962. The summed E-state index contributed by atoms with van der Waals surface area (Å²) in [6, 6.07) is 8.71. The molecule has 0 saturated carbocycles. The van der Waals surface area contributed by atoms with Crippen molar-refractivity contribution >= 4 is 27.6 Å². The maximum Gasteiger partial charge on any atom is 0.338 e. The van der Waals surface area contributed by atoms with Crippen molar-refractivity contribution in [1.29, 1.82) is 0 Å². The van der Waals surface area contributed by atoms with E-state index in [9.17, 15) is 18.0 Å². The van der Waals surface area contributed by atoms with Crippen molar-refractivity contribution in [2.24, 2.45) is 0 Å². The highest BCUT2D eigenvalue weighted by Crippen LogP contribution is 2.22. The van der Waals surface area contributed by atoms with Crippen LogP contribution in [-0.2, 0) is 19.5 Å². The lowest BCUT2D eigenvalue weighted by molar-refractivity contribution is 0.0525. The van der Waals surface area contributed by atoms with Gasteiger partial charge in [0.1, 0.15) is 0 Å². The summed E-state index contributed by atoms with van der Waals surface area (Å²) < 4.78 is 37.8. The Morgan fingerprint density at radius 2 is 1.39 bits per heavy atom. The van der Waals surface area contributed by atoms with Gasteiger partial charge in [0, 0.05) is 0 Å². The van der Waals surface area contributed by atoms with E-state index in [1.165, 1.54) is 24.3 Å². The van der Waals surface area contributed by atoms with Crippen LogP contribution < -0.4 is 4.72 Å². The maximum absolute atomic E-state index is 12.7.